The van der Waals surface area contributed by atoms with Gasteiger partial charge >= 0.3 is 0 Å². The first-order valence-corrected chi connectivity index (χ1v) is 8.69. The van der Waals surface area contributed by atoms with Gasteiger partial charge in [0.15, 0.2) is 0 Å². The lowest BCUT2D eigenvalue weighted by Gasteiger charge is -2.21. The molecule has 1 N–H and O–H groups in total. The molecule has 2 heterocycles. The maximum atomic E-state index is 4.71. The van der Waals surface area contributed by atoms with Crippen LogP contribution >= 0.6 is 23.5 Å². The summed E-state index contributed by atoms with van der Waals surface area (Å²) < 4.78 is 0. The van der Waals surface area contributed by atoms with Crippen molar-refractivity contribution in [2.75, 3.05) is 23.8 Å². The van der Waals surface area contributed by atoms with Crippen LogP contribution in [0.25, 0.3) is 0 Å². The molecular weight excluding hydrogens is 262 g/mol. The van der Waals surface area contributed by atoms with Crippen molar-refractivity contribution in [2.24, 2.45) is 0 Å². The van der Waals surface area contributed by atoms with Crippen LogP contribution in [-0.2, 0) is 0 Å². The van der Waals surface area contributed by atoms with Gasteiger partial charge in [0.25, 0.3) is 0 Å². The third-order valence-electron chi connectivity index (χ3n) is 3.12. The lowest BCUT2D eigenvalue weighted by molar-refractivity contribution is 0.588. The van der Waals surface area contributed by atoms with Gasteiger partial charge in [-0.05, 0) is 20.4 Å². The highest BCUT2D eigenvalue weighted by Crippen LogP contribution is 2.35. The highest BCUT2D eigenvalue weighted by Gasteiger charge is 2.20. The SMILES string of the molecule is CCNC(C)c1cnc(C2CSCCS2)nc1C. The monoisotopic (exact) mass is 283 g/mol. The van der Waals surface area contributed by atoms with Crippen LogP contribution in [0.1, 0.15) is 42.2 Å². The van der Waals surface area contributed by atoms with E-state index in [1.54, 1.807) is 0 Å². The fourth-order valence-corrected chi connectivity index (χ4v) is 4.73. The zero-order chi connectivity index (χ0) is 13.0. The van der Waals surface area contributed by atoms with E-state index in [2.05, 4.69) is 31.1 Å². The Kier molecular flexibility index (Phi) is 5.33. The molecule has 1 aromatic rings. The Morgan fingerprint density at radius 1 is 1.50 bits per heavy atom. The Labute approximate surface area is 118 Å². The molecule has 0 aliphatic carbocycles. The van der Waals surface area contributed by atoms with Gasteiger partial charge in [0.1, 0.15) is 5.82 Å². The topological polar surface area (TPSA) is 37.8 Å². The summed E-state index contributed by atoms with van der Waals surface area (Å²) in [4.78, 5) is 9.30. The number of aromatic nitrogens is 2. The molecule has 0 radical (unpaired) electrons. The maximum Gasteiger partial charge on any atom is 0.142 e. The van der Waals surface area contributed by atoms with Gasteiger partial charge in [-0.25, -0.2) is 9.97 Å². The zero-order valence-electron chi connectivity index (χ0n) is 11.3. The van der Waals surface area contributed by atoms with Crippen molar-refractivity contribution in [3.63, 3.8) is 0 Å². The van der Waals surface area contributed by atoms with E-state index in [0.717, 1.165) is 23.8 Å². The van der Waals surface area contributed by atoms with E-state index < -0.39 is 0 Å². The summed E-state index contributed by atoms with van der Waals surface area (Å²) in [6, 6.07) is 0.331. The molecule has 1 fully saturated rings. The summed E-state index contributed by atoms with van der Waals surface area (Å²) in [6.07, 6.45) is 2.00. The smallest absolute Gasteiger partial charge is 0.142 e. The second kappa shape index (κ2) is 6.78. The first kappa shape index (κ1) is 14.2. The van der Waals surface area contributed by atoms with Crippen molar-refractivity contribution in [2.45, 2.75) is 32.1 Å². The van der Waals surface area contributed by atoms with E-state index in [1.165, 1.54) is 17.1 Å². The third kappa shape index (κ3) is 3.39. The van der Waals surface area contributed by atoms with Crippen LogP contribution in [0.2, 0.25) is 0 Å². The number of rotatable bonds is 4. The number of hydrogen-bond donors (Lipinski definition) is 1. The molecule has 1 aromatic heterocycles. The van der Waals surface area contributed by atoms with E-state index in [0.29, 0.717) is 11.3 Å². The summed E-state index contributed by atoms with van der Waals surface area (Å²) in [5.74, 6) is 4.63. The quantitative estimate of drug-likeness (QED) is 0.919. The average molecular weight is 283 g/mol. The van der Waals surface area contributed by atoms with Crippen LogP contribution in [0.4, 0.5) is 0 Å². The Balaban J connectivity index is 2.13. The van der Waals surface area contributed by atoms with Crippen molar-refractivity contribution in [1.29, 1.82) is 0 Å². The first-order valence-electron chi connectivity index (χ1n) is 6.48. The fraction of sp³-hybridized carbons (Fsp3) is 0.692. The molecule has 18 heavy (non-hydrogen) atoms. The highest BCUT2D eigenvalue weighted by molar-refractivity contribution is 8.06. The highest BCUT2D eigenvalue weighted by atomic mass is 32.2. The first-order chi connectivity index (χ1) is 8.72. The second-order valence-electron chi connectivity index (χ2n) is 4.48. The summed E-state index contributed by atoms with van der Waals surface area (Å²) in [7, 11) is 0. The molecular formula is C13H21N3S2. The van der Waals surface area contributed by atoms with Crippen molar-refractivity contribution >= 4 is 23.5 Å². The van der Waals surface area contributed by atoms with E-state index >= 15 is 0 Å². The molecule has 2 rings (SSSR count). The third-order valence-corrected chi connectivity index (χ3v) is 5.87. The van der Waals surface area contributed by atoms with Gasteiger partial charge in [-0.1, -0.05) is 6.92 Å². The van der Waals surface area contributed by atoms with Crippen LogP contribution in [0.15, 0.2) is 6.20 Å². The molecule has 3 nitrogen and oxygen atoms in total. The van der Waals surface area contributed by atoms with Crippen LogP contribution < -0.4 is 5.32 Å². The number of nitrogens with one attached hydrogen (secondary N) is 1. The average Bonchev–Trinajstić information content (AvgIpc) is 2.40. The molecule has 1 aliphatic rings. The normalized spacial score (nSPS) is 21.8. The molecule has 0 spiro atoms. The summed E-state index contributed by atoms with van der Waals surface area (Å²) in [6.45, 7) is 7.35. The van der Waals surface area contributed by atoms with Gasteiger partial charge in [-0.2, -0.15) is 11.8 Å². The minimum Gasteiger partial charge on any atom is -0.310 e. The molecule has 1 saturated heterocycles. The predicted molar refractivity (Wildman–Crippen MR) is 81.4 cm³/mol. The Bertz CT molecular complexity index is 392. The Morgan fingerprint density at radius 2 is 2.33 bits per heavy atom. The van der Waals surface area contributed by atoms with Crippen LogP contribution in [0.3, 0.4) is 0 Å². The molecule has 2 atom stereocenters. The molecule has 0 amide bonds. The number of thioether (sulfide) groups is 2. The summed E-state index contributed by atoms with van der Waals surface area (Å²) >= 11 is 4.00. The van der Waals surface area contributed by atoms with Gasteiger partial charge in [0.2, 0.25) is 0 Å². The number of nitrogens with zero attached hydrogens (tertiary/aromatic N) is 2. The zero-order valence-corrected chi connectivity index (χ0v) is 12.9. The molecule has 1 aliphatic heterocycles. The molecule has 5 heteroatoms. The second-order valence-corrected chi connectivity index (χ2v) is 6.94. The minimum absolute atomic E-state index is 0.331. The van der Waals surface area contributed by atoms with E-state index in [-0.39, 0.29) is 0 Å². The number of aryl methyl sites for hydroxylation is 1. The van der Waals surface area contributed by atoms with Gasteiger partial charge in [-0.15, -0.1) is 11.8 Å². The van der Waals surface area contributed by atoms with Crippen molar-refractivity contribution in [1.82, 2.24) is 15.3 Å². The van der Waals surface area contributed by atoms with E-state index in [4.69, 9.17) is 4.98 Å². The minimum atomic E-state index is 0.331. The summed E-state index contributed by atoms with van der Waals surface area (Å²) in [5.41, 5.74) is 2.33. The van der Waals surface area contributed by atoms with Crippen molar-refractivity contribution < 1.29 is 0 Å². The molecule has 0 aromatic carbocycles. The molecule has 0 saturated carbocycles. The van der Waals surface area contributed by atoms with E-state index in [9.17, 15) is 0 Å². The molecule has 0 bridgehead atoms. The Morgan fingerprint density at radius 3 is 2.94 bits per heavy atom. The summed E-state index contributed by atoms with van der Waals surface area (Å²) in [5, 5.41) is 3.89. The van der Waals surface area contributed by atoms with Gasteiger partial charge < -0.3 is 5.32 Å². The van der Waals surface area contributed by atoms with Gasteiger partial charge in [0, 0.05) is 40.8 Å². The van der Waals surface area contributed by atoms with Gasteiger partial charge in [0.05, 0.1) is 5.25 Å². The Hall–Kier alpha value is -0.260. The molecule has 100 valence electrons. The number of hydrogen-bond acceptors (Lipinski definition) is 5. The van der Waals surface area contributed by atoms with Crippen molar-refractivity contribution in [3.8, 4) is 0 Å². The van der Waals surface area contributed by atoms with Crippen LogP contribution in [0.5, 0.6) is 0 Å². The maximum absolute atomic E-state index is 4.71. The standard InChI is InChI=1S/C13H21N3S2/c1-4-14-9(2)11-7-15-13(16-10(11)3)12-8-17-5-6-18-12/h7,9,12,14H,4-6,8H2,1-3H3. The fourth-order valence-electron chi connectivity index (χ4n) is 2.13. The lowest BCUT2D eigenvalue weighted by Crippen LogP contribution is -2.20. The largest absolute Gasteiger partial charge is 0.310 e. The predicted octanol–water partition coefficient (Wildman–Crippen LogP) is 2.98. The molecule has 2 unspecified atom stereocenters. The van der Waals surface area contributed by atoms with Crippen LogP contribution in [0, 0.1) is 6.92 Å². The lowest BCUT2D eigenvalue weighted by atomic mass is 10.1. The van der Waals surface area contributed by atoms with Gasteiger partial charge in [-0.3, -0.25) is 0 Å². The van der Waals surface area contributed by atoms with Crippen molar-refractivity contribution in [3.05, 3.63) is 23.3 Å². The van der Waals surface area contributed by atoms with E-state index in [1.807, 2.05) is 29.7 Å². The van der Waals surface area contributed by atoms with Crippen LogP contribution in [-0.4, -0.2) is 33.8 Å².